The van der Waals surface area contributed by atoms with Gasteiger partial charge < -0.3 is 20.3 Å². The van der Waals surface area contributed by atoms with Crippen LogP contribution in [0.2, 0.25) is 5.02 Å². The molecule has 3 N–H and O–H groups in total. The average Bonchev–Trinajstić information content (AvgIpc) is 3.22. The van der Waals surface area contributed by atoms with E-state index in [-0.39, 0.29) is 23.7 Å². The number of anilines is 3. The molecule has 2 aliphatic heterocycles. The maximum atomic E-state index is 13.0. The van der Waals surface area contributed by atoms with E-state index in [1.807, 2.05) is 4.90 Å². The second-order valence-electron chi connectivity index (χ2n) is 6.98. The first-order chi connectivity index (χ1) is 14.0. The van der Waals surface area contributed by atoms with Crippen LogP contribution in [0.15, 0.2) is 23.0 Å². The molecule has 3 heterocycles. The first-order valence-electron chi connectivity index (χ1n) is 9.29. The Labute approximate surface area is 171 Å². The van der Waals surface area contributed by atoms with Crippen LogP contribution in [0.4, 0.5) is 17.5 Å². The zero-order valence-corrected chi connectivity index (χ0v) is 16.5. The predicted molar refractivity (Wildman–Crippen MR) is 109 cm³/mol. The van der Waals surface area contributed by atoms with E-state index in [2.05, 4.69) is 20.6 Å². The number of nitrogens with one attached hydrogen (secondary N) is 3. The van der Waals surface area contributed by atoms with Crippen LogP contribution < -0.4 is 25.8 Å². The number of aromatic nitrogens is 2. The molecule has 0 radical (unpaired) electrons. The number of fused-ring (bicyclic) bond motifs is 1. The number of ether oxygens (including phenoxy) is 1. The predicted octanol–water partition coefficient (Wildman–Crippen LogP) is 2.10. The number of halogens is 1. The summed E-state index contributed by atoms with van der Waals surface area (Å²) in [4.78, 5) is 47.1. The number of H-pyrrole nitrogens is 1. The number of rotatable bonds is 4. The number of aromatic amines is 1. The Morgan fingerprint density at radius 2 is 2.07 bits per heavy atom. The van der Waals surface area contributed by atoms with E-state index >= 15 is 0 Å². The molecule has 0 spiro atoms. The highest BCUT2D eigenvalue weighted by atomic mass is 35.5. The van der Waals surface area contributed by atoms with Crippen LogP contribution in [0.3, 0.4) is 0 Å². The van der Waals surface area contributed by atoms with Crippen LogP contribution in [0, 0.1) is 0 Å². The van der Waals surface area contributed by atoms with Crippen molar-refractivity contribution in [3.63, 3.8) is 0 Å². The van der Waals surface area contributed by atoms with Crippen molar-refractivity contribution < 1.29 is 14.3 Å². The second-order valence-corrected chi connectivity index (χ2v) is 7.42. The molecule has 1 saturated heterocycles. The lowest BCUT2D eigenvalue weighted by Gasteiger charge is -2.25. The molecule has 9 nitrogen and oxygen atoms in total. The summed E-state index contributed by atoms with van der Waals surface area (Å²) in [5.41, 5.74) is 0.0664. The van der Waals surface area contributed by atoms with E-state index in [1.54, 1.807) is 18.2 Å². The maximum Gasteiger partial charge on any atom is 0.258 e. The Morgan fingerprint density at radius 1 is 1.31 bits per heavy atom. The van der Waals surface area contributed by atoms with Crippen LogP contribution in [0.5, 0.6) is 5.75 Å². The molecule has 0 saturated carbocycles. The summed E-state index contributed by atoms with van der Waals surface area (Å²) in [5.74, 6) is -0.913. The van der Waals surface area contributed by atoms with E-state index in [0.717, 1.165) is 25.9 Å². The number of carbonyl (C=O) groups excluding carboxylic acids is 2. The molecular formula is C19H20ClN5O4. The number of carbonyl (C=O) groups is 2. The topological polar surface area (TPSA) is 116 Å². The van der Waals surface area contributed by atoms with Crippen molar-refractivity contribution >= 4 is 40.9 Å². The van der Waals surface area contributed by atoms with Gasteiger partial charge in [-0.05, 0) is 31.0 Å². The molecule has 2 amide bonds. The number of benzene rings is 1. The van der Waals surface area contributed by atoms with E-state index in [9.17, 15) is 14.4 Å². The van der Waals surface area contributed by atoms with Crippen molar-refractivity contribution in [2.24, 2.45) is 0 Å². The summed E-state index contributed by atoms with van der Waals surface area (Å²) in [6.45, 7) is 1.57. The third kappa shape index (κ3) is 3.77. The Morgan fingerprint density at radius 3 is 2.79 bits per heavy atom. The molecule has 1 aromatic carbocycles. The SMILES string of the molecule is COc1ccc(Cl)cc1NC(=O)[C@H]1CC(=O)Nc2nc(N3CCCC3)[nH]c(=O)c21. The largest absolute Gasteiger partial charge is 0.495 e. The van der Waals surface area contributed by atoms with Gasteiger partial charge in [-0.2, -0.15) is 4.98 Å². The zero-order valence-electron chi connectivity index (χ0n) is 15.8. The Balaban J connectivity index is 1.67. The van der Waals surface area contributed by atoms with Gasteiger partial charge in [0.05, 0.1) is 24.3 Å². The van der Waals surface area contributed by atoms with Crippen LogP contribution in [0.1, 0.15) is 30.7 Å². The van der Waals surface area contributed by atoms with Crippen LogP contribution in [-0.2, 0) is 9.59 Å². The molecule has 2 aliphatic rings. The van der Waals surface area contributed by atoms with Crippen LogP contribution >= 0.6 is 11.6 Å². The standard InChI is InChI=1S/C19H20ClN5O4/c1-29-13-5-4-10(20)8-12(13)21-17(27)11-9-14(26)22-16-15(11)18(28)24-19(23-16)25-6-2-3-7-25/h4-5,8,11H,2-3,6-7,9H2,1H3,(H,21,27)(H2,22,23,24,26,28)/t11-/m0/s1. The van der Waals surface area contributed by atoms with Gasteiger partial charge >= 0.3 is 0 Å². The minimum atomic E-state index is -0.980. The minimum Gasteiger partial charge on any atom is -0.495 e. The van der Waals surface area contributed by atoms with Gasteiger partial charge in [-0.15, -0.1) is 0 Å². The molecule has 2 aromatic rings. The van der Waals surface area contributed by atoms with Crippen molar-refractivity contribution in [1.82, 2.24) is 9.97 Å². The first-order valence-corrected chi connectivity index (χ1v) is 9.67. The monoisotopic (exact) mass is 417 g/mol. The Kier molecular flexibility index (Phi) is 5.14. The smallest absolute Gasteiger partial charge is 0.258 e. The summed E-state index contributed by atoms with van der Waals surface area (Å²) in [5, 5.41) is 5.75. The molecule has 1 atom stereocenters. The Hall–Kier alpha value is -3.07. The van der Waals surface area contributed by atoms with Gasteiger partial charge in [-0.1, -0.05) is 11.6 Å². The fourth-order valence-corrected chi connectivity index (χ4v) is 3.83. The van der Waals surface area contributed by atoms with E-state index in [1.165, 1.54) is 7.11 Å². The van der Waals surface area contributed by atoms with Gasteiger partial charge in [0.2, 0.25) is 17.8 Å². The van der Waals surface area contributed by atoms with Crippen LogP contribution in [-0.4, -0.2) is 42.0 Å². The number of hydrogen-bond acceptors (Lipinski definition) is 6. The summed E-state index contributed by atoms with van der Waals surface area (Å²) in [7, 11) is 1.47. The van der Waals surface area contributed by atoms with Crippen molar-refractivity contribution in [2.45, 2.75) is 25.2 Å². The third-order valence-corrected chi connectivity index (χ3v) is 5.32. The molecule has 1 fully saturated rings. The lowest BCUT2D eigenvalue weighted by molar-refractivity contribution is -0.123. The van der Waals surface area contributed by atoms with E-state index < -0.39 is 17.4 Å². The van der Waals surface area contributed by atoms with Crippen LogP contribution in [0.25, 0.3) is 0 Å². The van der Waals surface area contributed by atoms with Crippen molar-refractivity contribution in [1.29, 1.82) is 0 Å². The molecule has 4 rings (SSSR count). The van der Waals surface area contributed by atoms with Crippen molar-refractivity contribution in [2.75, 3.05) is 35.7 Å². The molecule has 152 valence electrons. The maximum absolute atomic E-state index is 13.0. The molecule has 10 heteroatoms. The highest BCUT2D eigenvalue weighted by Crippen LogP contribution is 2.33. The van der Waals surface area contributed by atoms with Gasteiger partial charge in [-0.3, -0.25) is 19.4 Å². The number of methoxy groups -OCH3 is 1. The molecule has 0 bridgehead atoms. The first kappa shape index (κ1) is 19.3. The quantitative estimate of drug-likeness (QED) is 0.701. The zero-order chi connectivity index (χ0) is 20.5. The fraction of sp³-hybridized carbons (Fsp3) is 0.368. The van der Waals surface area contributed by atoms with Crippen molar-refractivity contribution in [3.05, 3.63) is 39.1 Å². The number of hydrogen-bond donors (Lipinski definition) is 3. The third-order valence-electron chi connectivity index (χ3n) is 5.08. The lowest BCUT2D eigenvalue weighted by Crippen LogP contribution is -2.37. The van der Waals surface area contributed by atoms with E-state index in [0.29, 0.717) is 22.4 Å². The lowest BCUT2D eigenvalue weighted by atomic mass is 9.92. The highest BCUT2D eigenvalue weighted by Gasteiger charge is 2.35. The summed E-state index contributed by atoms with van der Waals surface area (Å²) in [6, 6.07) is 4.80. The van der Waals surface area contributed by atoms with Gasteiger partial charge in [0.1, 0.15) is 11.6 Å². The molecule has 0 aliphatic carbocycles. The van der Waals surface area contributed by atoms with Gasteiger partial charge in [-0.25, -0.2) is 0 Å². The molecule has 29 heavy (non-hydrogen) atoms. The van der Waals surface area contributed by atoms with Gasteiger partial charge in [0.25, 0.3) is 5.56 Å². The average molecular weight is 418 g/mol. The number of nitrogens with zero attached hydrogens (tertiary/aromatic N) is 2. The fourth-order valence-electron chi connectivity index (χ4n) is 3.66. The summed E-state index contributed by atoms with van der Waals surface area (Å²) < 4.78 is 5.24. The Bertz CT molecular complexity index is 1030. The van der Waals surface area contributed by atoms with Gasteiger partial charge in [0, 0.05) is 24.5 Å². The number of amides is 2. The van der Waals surface area contributed by atoms with E-state index in [4.69, 9.17) is 16.3 Å². The normalized spacial score (nSPS) is 18.2. The summed E-state index contributed by atoms with van der Waals surface area (Å²) >= 11 is 6.01. The van der Waals surface area contributed by atoms with Crippen molar-refractivity contribution in [3.8, 4) is 5.75 Å². The molecule has 1 aromatic heterocycles. The molecule has 0 unspecified atom stereocenters. The molecular weight excluding hydrogens is 398 g/mol. The van der Waals surface area contributed by atoms with Gasteiger partial charge in [0.15, 0.2) is 0 Å². The highest BCUT2D eigenvalue weighted by molar-refractivity contribution is 6.31. The minimum absolute atomic E-state index is 0.130. The summed E-state index contributed by atoms with van der Waals surface area (Å²) in [6.07, 6.45) is 1.87. The second kappa shape index (κ2) is 7.75.